The number of carbonyl (C=O) groups is 2. The van der Waals surface area contributed by atoms with Crippen LogP contribution in [0.1, 0.15) is 28.9 Å². The molecule has 1 fully saturated rings. The molecule has 2 N–H and O–H groups in total. The van der Waals surface area contributed by atoms with E-state index in [1.807, 2.05) is 36.4 Å². The quantitative estimate of drug-likeness (QED) is 0.640. The summed E-state index contributed by atoms with van der Waals surface area (Å²) in [5.74, 6) is 0.346. The molecule has 0 saturated carbocycles. The normalized spacial score (nSPS) is 16.0. The van der Waals surface area contributed by atoms with Gasteiger partial charge in [0, 0.05) is 37.6 Å². The molecule has 0 unspecified atom stereocenters. The van der Waals surface area contributed by atoms with E-state index >= 15 is 0 Å². The van der Waals surface area contributed by atoms with Gasteiger partial charge < -0.3 is 15.0 Å². The van der Waals surface area contributed by atoms with E-state index in [9.17, 15) is 9.59 Å². The summed E-state index contributed by atoms with van der Waals surface area (Å²) in [4.78, 5) is 31.4. The second kappa shape index (κ2) is 9.42. The minimum atomic E-state index is -0.231. The van der Waals surface area contributed by atoms with E-state index in [0.29, 0.717) is 31.0 Å². The minimum Gasteiger partial charge on any atom is -0.497 e. The molecule has 8 nitrogen and oxygen atoms in total. The van der Waals surface area contributed by atoms with E-state index in [1.54, 1.807) is 30.5 Å². The number of ether oxygens (including phenoxy) is 1. The number of nitrogens with one attached hydrogen (secondary N) is 2. The maximum Gasteiger partial charge on any atom is 0.271 e. The number of aromatic amines is 1. The van der Waals surface area contributed by atoms with Gasteiger partial charge >= 0.3 is 0 Å². The highest BCUT2D eigenvalue weighted by Gasteiger charge is 2.29. The first kappa shape index (κ1) is 20.6. The van der Waals surface area contributed by atoms with E-state index in [-0.39, 0.29) is 17.7 Å². The molecule has 2 aromatic heterocycles. The highest BCUT2D eigenvalue weighted by atomic mass is 16.5. The average Bonchev–Trinajstić information content (AvgIpc) is 3.33. The first-order valence-electron chi connectivity index (χ1n) is 10.3. The van der Waals surface area contributed by atoms with Crippen LogP contribution in [0.15, 0.2) is 54.9 Å². The number of hydrogen-bond acceptors (Lipinski definition) is 5. The molecular formula is C23H25N5O3. The Bertz CT molecular complexity index is 1050. The van der Waals surface area contributed by atoms with Gasteiger partial charge in [0.2, 0.25) is 5.91 Å². The molecule has 1 aromatic carbocycles. The number of amides is 2. The lowest BCUT2D eigenvalue weighted by molar-refractivity contribution is -0.126. The summed E-state index contributed by atoms with van der Waals surface area (Å²) in [6, 6.07) is 13.0. The summed E-state index contributed by atoms with van der Waals surface area (Å²) in [6.07, 6.45) is 4.92. The van der Waals surface area contributed by atoms with Crippen molar-refractivity contribution in [1.29, 1.82) is 0 Å². The van der Waals surface area contributed by atoms with Gasteiger partial charge in [-0.25, -0.2) is 0 Å². The molecule has 31 heavy (non-hydrogen) atoms. The number of pyridine rings is 1. The van der Waals surface area contributed by atoms with Gasteiger partial charge in [-0.3, -0.25) is 19.7 Å². The molecule has 8 heteroatoms. The maximum absolute atomic E-state index is 13.0. The first-order valence-corrected chi connectivity index (χ1v) is 10.3. The molecule has 1 saturated heterocycles. The van der Waals surface area contributed by atoms with Crippen molar-refractivity contribution in [2.75, 3.05) is 20.2 Å². The highest BCUT2D eigenvalue weighted by Crippen LogP contribution is 2.21. The van der Waals surface area contributed by atoms with Crippen molar-refractivity contribution in [3.8, 4) is 17.0 Å². The average molecular weight is 419 g/mol. The third-order valence-corrected chi connectivity index (χ3v) is 5.46. The molecule has 1 aliphatic heterocycles. The zero-order valence-electron chi connectivity index (χ0n) is 17.4. The van der Waals surface area contributed by atoms with Gasteiger partial charge in [0.25, 0.3) is 5.91 Å². The van der Waals surface area contributed by atoms with Crippen molar-refractivity contribution in [3.05, 3.63) is 66.1 Å². The molecule has 160 valence electrons. The Morgan fingerprint density at radius 2 is 2.06 bits per heavy atom. The zero-order valence-corrected chi connectivity index (χ0v) is 17.4. The topological polar surface area (TPSA) is 100 Å². The number of rotatable bonds is 6. The van der Waals surface area contributed by atoms with E-state index in [1.165, 1.54) is 0 Å². The minimum absolute atomic E-state index is 0.0394. The Kier molecular flexibility index (Phi) is 6.26. The maximum atomic E-state index is 13.0. The van der Waals surface area contributed by atoms with Crippen molar-refractivity contribution in [2.45, 2.75) is 19.4 Å². The van der Waals surface area contributed by atoms with Crippen LogP contribution in [0.4, 0.5) is 0 Å². The van der Waals surface area contributed by atoms with Gasteiger partial charge in [-0.05, 0) is 48.7 Å². The van der Waals surface area contributed by atoms with Crippen LogP contribution in [0.5, 0.6) is 5.75 Å². The van der Waals surface area contributed by atoms with Gasteiger partial charge in [-0.1, -0.05) is 12.1 Å². The number of hydrogen-bond donors (Lipinski definition) is 2. The molecule has 3 heterocycles. The second-order valence-electron chi connectivity index (χ2n) is 7.56. The first-order chi connectivity index (χ1) is 15.1. The zero-order chi connectivity index (χ0) is 21.6. The lowest BCUT2D eigenvalue weighted by atomic mass is 9.96. The molecular weight excluding hydrogens is 394 g/mol. The highest BCUT2D eigenvalue weighted by molar-refractivity contribution is 5.94. The fourth-order valence-corrected chi connectivity index (χ4v) is 3.76. The third kappa shape index (κ3) is 4.91. The van der Waals surface area contributed by atoms with Gasteiger partial charge in [0.15, 0.2) is 0 Å². The van der Waals surface area contributed by atoms with Crippen molar-refractivity contribution in [3.63, 3.8) is 0 Å². The molecule has 2 amide bonds. The second-order valence-corrected chi connectivity index (χ2v) is 7.56. The largest absolute Gasteiger partial charge is 0.497 e. The molecule has 0 radical (unpaired) electrons. The smallest absolute Gasteiger partial charge is 0.271 e. The molecule has 0 bridgehead atoms. The lowest BCUT2D eigenvalue weighted by Crippen LogP contribution is -2.45. The van der Waals surface area contributed by atoms with Crippen LogP contribution < -0.4 is 10.1 Å². The molecule has 1 atom stereocenters. The SMILES string of the molecule is COc1cccc(CNC(=O)[C@H]2CCCN(C(=O)c3cc(-c4ccncc4)n[nH]3)C2)c1. The summed E-state index contributed by atoms with van der Waals surface area (Å²) in [5, 5.41) is 10.1. The number of carbonyl (C=O) groups excluding carboxylic acids is 2. The molecule has 4 rings (SSSR count). The van der Waals surface area contributed by atoms with Crippen LogP contribution in [-0.2, 0) is 11.3 Å². The molecule has 0 spiro atoms. The third-order valence-electron chi connectivity index (χ3n) is 5.46. The van der Waals surface area contributed by atoms with Crippen molar-refractivity contribution >= 4 is 11.8 Å². The number of aromatic nitrogens is 3. The van der Waals surface area contributed by atoms with Gasteiger partial charge in [-0.2, -0.15) is 5.10 Å². The number of benzene rings is 1. The summed E-state index contributed by atoms with van der Waals surface area (Å²) in [5.41, 5.74) is 2.97. The van der Waals surface area contributed by atoms with Crippen LogP contribution in [0, 0.1) is 5.92 Å². The molecule has 1 aliphatic rings. The Hall–Kier alpha value is -3.68. The van der Waals surface area contributed by atoms with Crippen molar-refractivity contribution in [2.24, 2.45) is 5.92 Å². The number of likely N-dealkylation sites (tertiary alicyclic amines) is 1. The number of methoxy groups -OCH3 is 1. The summed E-state index contributed by atoms with van der Waals surface area (Å²) in [7, 11) is 1.62. The number of H-pyrrole nitrogens is 1. The predicted molar refractivity (Wildman–Crippen MR) is 115 cm³/mol. The van der Waals surface area contributed by atoms with Crippen LogP contribution in [0.3, 0.4) is 0 Å². The van der Waals surface area contributed by atoms with Gasteiger partial charge in [-0.15, -0.1) is 0 Å². The fourth-order valence-electron chi connectivity index (χ4n) is 3.76. The van der Waals surface area contributed by atoms with E-state index in [4.69, 9.17) is 4.74 Å². The Labute approximate surface area is 180 Å². The van der Waals surface area contributed by atoms with Crippen molar-refractivity contribution in [1.82, 2.24) is 25.4 Å². The summed E-state index contributed by atoms with van der Waals surface area (Å²) in [6.45, 7) is 1.45. The van der Waals surface area contributed by atoms with Crippen LogP contribution >= 0.6 is 0 Å². The van der Waals surface area contributed by atoms with Gasteiger partial charge in [0.1, 0.15) is 11.4 Å². The van der Waals surface area contributed by atoms with Crippen LogP contribution in [0.2, 0.25) is 0 Å². The van der Waals surface area contributed by atoms with Crippen LogP contribution in [0.25, 0.3) is 11.3 Å². The monoisotopic (exact) mass is 419 g/mol. The van der Waals surface area contributed by atoms with E-state index in [2.05, 4.69) is 20.5 Å². The Morgan fingerprint density at radius 3 is 2.87 bits per heavy atom. The molecule has 3 aromatic rings. The predicted octanol–water partition coefficient (Wildman–Crippen LogP) is 2.65. The summed E-state index contributed by atoms with van der Waals surface area (Å²) >= 11 is 0. The van der Waals surface area contributed by atoms with Crippen LogP contribution in [-0.4, -0.2) is 52.1 Å². The van der Waals surface area contributed by atoms with Gasteiger partial charge in [0.05, 0.1) is 18.7 Å². The Morgan fingerprint density at radius 1 is 1.23 bits per heavy atom. The Balaban J connectivity index is 1.36. The standard InChI is InChI=1S/C23H25N5O3/c1-31-19-6-2-4-16(12-19)14-25-22(29)18-5-3-11-28(15-18)23(30)21-13-20(26-27-21)17-7-9-24-10-8-17/h2,4,6-10,12-13,18H,3,5,11,14-15H2,1H3,(H,25,29)(H,26,27)/t18-/m0/s1. The number of nitrogens with zero attached hydrogens (tertiary/aromatic N) is 3. The lowest BCUT2D eigenvalue weighted by Gasteiger charge is -2.31. The van der Waals surface area contributed by atoms with E-state index < -0.39 is 0 Å². The number of piperidine rings is 1. The van der Waals surface area contributed by atoms with Crippen molar-refractivity contribution < 1.29 is 14.3 Å². The molecule has 0 aliphatic carbocycles. The van der Waals surface area contributed by atoms with E-state index in [0.717, 1.165) is 29.7 Å². The fraction of sp³-hybridized carbons (Fsp3) is 0.304. The summed E-state index contributed by atoms with van der Waals surface area (Å²) < 4.78 is 5.22.